The maximum Gasteiger partial charge on any atom is 0.308 e. The van der Waals surface area contributed by atoms with Crippen LogP contribution < -0.4 is 5.32 Å². The normalized spacial score (nSPS) is 28.4. The summed E-state index contributed by atoms with van der Waals surface area (Å²) in [6.45, 7) is 0.568. The van der Waals surface area contributed by atoms with E-state index in [4.69, 9.17) is 5.11 Å². The highest BCUT2D eigenvalue weighted by Gasteiger charge is 2.24. The number of nitrogens with one attached hydrogen (secondary N) is 1. The number of aliphatic carboxylic acids is 1. The van der Waals surface area contributed by atoms with Crippen molar-refractivity contribution in [2.75, 3.05) is 6.54 Å². The Morgan fingerprint density at radius 1 is 1.47 bits per heavy atom. The number of hydrogen-bond donors (Lipinski definition) is 2. The number of hydrogen-bond acceptors (Lipinski definition) is 2. The molecule has 1 aliphatic carbocycles. The first-order valence-electron chi connectivity index (χ1n) is 5.62. The molecule has 1 unspecified atom stereocenters. The van der Waals surface area contributed by atoms with Crippen molar-refractivity contribution >= 4 is 5.97 Å². The molecule has 0 saturated heterocycles. The van der Waals surface area contributed by atoms with E-state index in [1.54, 1.807) is 0 Å². The SMILES string of the molecule is O=C(O)C1CNC2=C(CCCC/C=C\2)C1. The van der Waals surface area contributed by atoms with E-state index < -0.39 is 5.97 Å². The van der Waals surface area contributed by atoms with Gasteiger partial charge >= 0.3 is 5.97 Å². The van der Waals surface area contributed by atoms with Crippen LogP contribution in [0.5, 0.6) is 0 Å². The quantitative estimate of drug-likeness (QED) is 0.692. The van der Waals surface area contributed by atoms with Gasteiger partial charge in [0.15, 0.2) is 0 Å². The molecule has 1 atom stereocenters. The van der Waals surface area contributed by atoms with Gasteiger partial charge in [-0.1, -0.05) is 6.08 Å². The zero-order valence-electron chi connectivity index (χ0n) is 8.83. The lowest BCUT2D eigenvalue weighted by atomic mass is 9.89. The Bertz CT molecular complexity index is 318. The van der Waals surface area contributed by atoms with Crippen LogP contribution in [0.2, 0.25) is 0 Å². The van der Waals surface area contributed by atoms with Gasteiger partial charge in [-0.2, -0.15) is 0 Å². The molecule has 15 heavy (non-hydrogen) atoms. The molecule has 0 spiro atoms. The second-order valence-electron chi connectivity index (χ2n) is 4.29. The second kappa shape index (κ2) is 4.51. The van der Waals surface area contributed by atoms with Crippen molar-refractivity contribution in [1.82, 2.24) is 5.32 Å². The van der Waals surface area contributed by atoms with Crippen LogP contribution in [-0.4, -0.2) is 17.6 Å². The molecule has 0 radical (unpaired) electrons. The van der Waals surface area contributed by atoms with Crippen molar-refractivity contribution in [3.05, 3.63) is 23.4 Å². The largest absolute Gasteiger partial charge is 0.481 e. The Labute approximate surface area is 89.9 Å². The molecular formula is C12H17NO2. The molecule has 0 aromatic carbocycles. The van der Waals surface area contributed by atoms with Crippen LogP contribution in [0.1, 0.15) is 32.1 Å². The summed E-state index contributed by atoms with van der Waals surface area (Å²) in [4.78, 5) is 10.9. The van der Waals surface area contributed by atoms with Crippen molar-refractivity contribution in [2.24, 2.45) is 5.92 Å². The van der Waals surface area contributed by atoms with Crippen molar-refractivity contribution in [2.45, 2.75) is 32.1 Å². The van der Waals surface area contributed by atoms with Crippen LogP contribution in [0.25, 0.3) is 0 Å². The zero-order chi connectivity index (χ0) is 10.7. The Balaban J connectivity index is 2.14. The molecule has 82 valence electrons. The van der Waals surface area contributed by atoms with E-state index in [2.05, 4.69) is 17.5 Å². The van der Waals surface area contributed by atoms with Gasteiger partial charge in [-0.3, -0.25) is 4.79 Å². The fourth-order valence-corrected chi connectivity index (χ4v) is 2.23. The first kappa shape index (κ1) is 10.3. The van der Waals surface area contributed by atoms with Gasteiger partial charge in [-0.15, -0.1) is 0 Å². The summed E-state index contributed by atoms with van der Waals surface area (Å²) < 4.78 is 0. The molecule has 2 aliphatic rings. The monoisotopic (exact) mass is 207 g/mol. The fourth-order valence-electron chi connectivity index (χ4n) is 2.23. The van der Waals surface area contributed by atoms with Gasteiger partial charge in [0.05, 0.1) is 5.92 Å². The van der Waals surface area contributed by atoms with Crippen LogP contribution in [0, 0.1) is 5.92 Å². The molecule has 2 rings (SSSR count). The summed E-state index contributed by atoms with van der Waals surface area (Å²) in [5.41, 5.74) is 2.47. The molecule has 1 aliphatic heterocycles. The first-order chi connectivity index (χ1) is 7.27. The third kappa shape index (κ3) is 2.41. The third-order valence-electron chi connectivity index (χ3n) is 3.15. The van der Waals surface area contributed by atoms with Gasteiger partial charge in [-0.25, -0.2) is 0 Å². The van der Waals surface area contributed by atoms with Crippen LogP contribution >= 0.6 is 0 Å². The maximum atomic E-state index is 10.9. The molecule has 3 heteroatoms. The lowest BCUT2D eigenvalue weighted by Crippen LogP contribution is -2.33. The van der Waals surface area contributed by atoms with Gasteiger partial charge in [0.2, 0.25) is 0 Å². The highest BCUT2D eigenvalue weighted by Crippen LogP contribution is 2.27. The lowest BCUT2D eigenvalue weighted by molar-refractivity contribution is -0.141. The van der Waals surface area contributed by atoms with Crippen molar-refractivity contribution < 1.29 is 9.90 Å². The Kier molecular flexibility index (Phi) is 3.09. The number of carbonyl (C=O) groups is 1. The minimum atomic E-state index is -0.680. The second-order valence-corrected chi connectivity index (χ2v) is 4.29. The predicted molar refractivity (Wildman–Crippen MR) is 58.4 cm³/mol. The van der Waals surface area contributed by atoms with Crippen LogP contribution in [0.15, 0.2) is 23.4 Å². The van der Waals surface area contributed by atoms with Crippen LogP contribution in [0.3, 0.4) is 0 Å². The van der Waals surface area contributed by atoms with Crippen molar-refractivity contribution in [3.63, 3.8) is 0 Å². The highest BCUT2D eigenvalue weighted by atomic mass is 16.4. The standard InChI is InChI=1S/C12H17NO2/c14-12(15)10-7-9-5-3-1-2-4-6-11(9)13-8-10/h4,6,10,13H,1-3,5,7-8H2,(H,14,15)/b6-4-. The molecule has 0 bridgehead atoms. The van der Waals surface area contributed by atoms with E-state index in [-0.39, 0.29) is 5.92 Å². The van der Waals surface area contributed by atoms with Gasteiger partial charge in [0.1, 0.15) is 0 Å². The molecule has 0 fully saturated rings. The zero-order valence-corrected chi connectivity index (χ0v) is 8.83. The summed E-state index contributed by atoms with van der Waals surface area (Å²) >= 11 is 0. The molecule has 1 heterocycles. The van der Waals surface area contributed by atoms with E-state index in [0.29, 0.717) is 6.54 Å². The maximum absolute atomic E-state index is 10.9. The molecular weight excluding hydrogens is 190 g/mol. The molecule has 0 aromatic rings. The molecule has 0 saturated carbocycles. The summed E-state index contributed by atoms with van der Waals surface area (Å²) in [5.74, 6) is -0.920. The summed E-state index contributed by atoms with van der Waals surface area (Å²) in [5, 5.41) is 12.2. The Hall–Kier alpha value is -1.25. The van der Waals surface area contributed by atoms with Gasteiger partial charge in [-0.05, 0) is 43.8 Å². The van der Waals surface area contributed by atoms with E-state index in [0.717, 1.165) is 19.3 Å². The minimum absolute atomic E-state index is 0.239. The first-order valence-corrected chi connectivity index (χ1v) is 5.62. The average Bonchev–Trinajstić information content (AvgIpc) is 2.18. The van der Waals surface area contributed by atoms with E-state index in [1.165, 1.54) is 24.1 Å². The highest BCUT2D eigenvalue weighted by molar-refractivity contribution is 5.71. The van der Waals surface area contributed by atoms with E-state index >= 15 is 0 Å². The lowest BCUT2D eigenvalue weighted by Gasteiger charge is -2.26. The minimum Gasteiger partial charge on any atom is -0.481 e. The smallest absolute Gasteiger partial charge is 0.308 e. The fraction of sp³-hybridized carbons (Fsp3) is 0.583. The van der Waals surface area contributed by atoms with E-state index in [9.17, 15) is 4.79 Å². The predicted octanol–water partition coefficient (Wildman–Crippen LogP) is 2.06. The molecule has 0 amide bonds. The van der Waals surface area contributed by atoms with Gasteiger partial charge in [0, 0.05) is 12.2 Å². The van der Waals surface area contributed by atoms with E-state index in [1.807, 2.05) is 0 Å². The van der Waals surface area contributed by atoms with Crippen LogP contribution in [0.4, 0.5) is 0 Å². The van der Waals surface area contributed by atoms with Crippen LogP contribution in [-0.2, 0) is 4.79 Å². The van der Waals surface area contributed by atoms with Crippen molar-refractivity contribution in [3.8, 4) is 0 Å². The number of allylic oxidation sites excluding steroid dienone is 3. The van der Waals surface area contributed by atoms with Crippen molar-refractivity contribution in [1.29, 1.82) is 0 Å². The number of rotatable bonds is 1. The average molecular weight is 207 g/mol. The van der Waals surface area contributed by atoms with Gasteiger partial charge in [0.25, 0.3) is 0 Å². The van der Waals surface area contributed by atoms with Gasteiger partial charge < -0.3 is 10.4 Å². The molecule has 2 N–H and O–H groups in total. The summed E-state index contributed by atoms with van der Waals surface area (Å²) in [7, 11) is 0. The topological polar surface area (TPSA) is 49.3 Å². The summed E-state index contributed by atoms with van der Waals surface area (Å²) in [6.07, 6.45) is 9.61. The Morgan fingerprint density at radius 2 is 2.33 bits per heavy atom. The number of carboxylic acids is 1. The molecule has 3 nitrogen and oxygen atoms in total. The number of carboxylic acid groups (broad SMARTS) is 1. The summed E-state index contributed by atoms with van der Waals surface area (Å²) in [6, 6.07) is 0. The third-order valence-corrected chi connectivity index (χ3v) is 3.15. The Morgan fingerprint density at radius 3 is 3.13 bits per heavy atom. The molecule has 0 aromatic heterocycles.